The Hall–Kier alpha value is -2.47. The fourth-order valence-electron chi connectivity index (χ4n) is 3.58. The van der Waals surface area contributed by atoms with Crippen LogP contribution < -0.4 is 4.74 Å². The van der Waals surface area contributed by atoms with E-state index in [-0.39, 0.29) is 11.7 Å². The molecular formula is C19H18ClN3O3. The fraction of sp³-hybridized carbons (Fsp3) is 0.368. The van der Waals surface area contributed by atoms with Gasteiger partial charge in [0.25, 0.3) is 5.91 Å². The second-order valence-electron chi connectivity index (χ2n) is 6.87. The van der Waals surface area contributed by atoms with Crippen LogP contribution in [0.4, 0.5) is 0 Å². The lowest BCUT2D eigenvalue weighted by molar-refractivity contribution is -0.00588. The summed E-state index contributed by atoms with van der Waals surface area (Å²) in [6.45, 7) is 2.93. The molecule has 0 saturated carbocycles. The molecular weight excluding hydrogens is 354 g/mol. The Labute approximate surface area is 156 Å². The van der Waals surface area contributed by atoms with E-state index in [1.54, 1.807) is 11.0 Å². The monoisotopic (exact) mass is 371 g/mol. The molecule has 1 amide bonds. The van der Waals surface area contributed by atoms with E-state index < -0.39 is 5.60 Å². The van der Waals surface area contributed by atoms with Gasteiger partial charge in [0.15, 0.2) is 5.78 Å². The Morgan fingerprint density at radius 2 is 2.04 bits per heavy atom. The number of piperidine rings is 1. The number of aryl methyl sites for hydroxylation is 1. The number of hydrogen-bond acceptors (Lipinski definition) is 5. The number of nitrogens with zero attached hydrogens (tertiary/aromatic N) is 3. The zero-order valence-electron chi connectivity index (χ0n) is 14.4. The van der Waals surface area contributed by atoms with Crippen molar-refractivity contribution in [3.05, 3.63) is 52.6 Å². The average Bonchev–Trinajstić information content (AvgIpc) is 2.64. The van der Waals surface area contributed by atoms with Crippen LogP contribution in [0.5, 0.6) is 5.75 Å². The minimum Gasteiger partial charge on any atom is -0.486 e. The van der Waals surface area contributed by atoms with E-state index in [9.17, 15) is 9.59 Å². The molecule has 1 fully saturated rings. The minimum atomic E-state index is -0.552. The summed E-state index contributed by atoms with van der Waals surface area (Å²) in [5.74, 6) is 0.497. The van der Waals surface area contributed by atoms with Crippen LogP contribution in [-0.2, 0) is 0 Å². The molecule has 1 saturated heterocycles. The van der Waals surface area contributed by atoms with Gasteiger partial charge in [-0.05, 0) is 24.6 Å². The SMILES string of the molecule is Cc1cc2c(cc1Cl)C(=O)CC1(CCN(C(=O)c3cnccn3)CC1)O2. The number of fused-ring (bicyclic) bond motifs is 1. The molecule has 2 aliphatic rings. The number of likely N-dealkylation sites (tertiary alicyclic amines) is 1. The van der Waals surface area contributed by atoms with Crippen molar-refractivity contribution in [3.8, 4) is 5.75 Å². The van der Waals surface area contributed by atoms with Crippen molar-refractivity contribution in [1.29, 1.82) is 0 Å². The van der Waals surface area contributed by atoms with Crippen molar-refractivity contribution in [2.45, 2.75) is 31.8 Å². The number of rotatable bonds is 1. The van der Waals surface area contributed by atoms with Gasteiger partial charge in [0.05, 0.1) is 18.2 Å². The summed E-state index contributed by atoms with van der Waals surface area (Å²) < 4.78 is 6.25. The molecule has 3 heterocycles. The topological polar surface area (TPSA) is 72.4 Å². The van der Waals surface area contributed by atoms with E-state index in [1.165, 1.54) is 18.6 Å². The number of carbonyl (C=O) groups is 2. The molecule has 2 aromatic rings. The molecule has 0 N–H and O–H groups in total. The van der Waals surface area contributed by atoms with Crippen molar-refractivity contribution in [2.24, 2.45) is 0 Å². The number of aromatic nitrogens is 2. The predicted molar refractivity (Wildman–Crippen MR) is 95.7 cm³/mol. The summed E-state index contributed by atoms with van der Waals surface area (Å²) in [5, 5.41) is 0.570. The van der Waals surface area contributed by atoms with Crippen LogP contribution in [0.2, 0.25) is 5.02 Å². The van der Waals surface area contributed by atoms with Crippen molar-refractivity contribution < 1.29 is 14.3 Å². The molecule has 1 aromatic heterocycles. The standard InChI is InChI=1S/C19H18ClN3O3/c1-12-8-17-13(9-14(12)20)16(24)10-19(26-17)2-6-23(7-3-19)18(25)15-11-21-4-5-22-15/h4-5,8-9,11H,2-3,6-7,10H2,1H3. The van der Waals surface area contributed by atoms with Gasteiger partial charge in [0.2, 0.25) is 0 Å². The maximum atomic E-state index is 12.6. The van der Waals surface area contributed by atoms with Gasteiger partial charge in [-0.15, -0.1) is 0 Å². The number of benzene rings is 1. The number of amides is 1. The smallest absolute Gasteiger partial charge is 0.274 e. The Bertz CT molecular complexity index is 877. The quantitative estimate of drug-likeness (QED) is 0.770. The highest BCUT2D eigenvalue weighted by Gasteiger charge is 2.44. The number of halogens is 1. The minimum absolute atomic E-state index is 0.0434. The van der Waals surface area contributed by atoms with Gasteiger partial charge in [-0.25, -0.2) is 4.98 Å². The van der Waals surface area contributed by atoms with Gasteiger partial charge in [-0.2, -0.15) is 0 Å². The number of hydrogen-bond donors (Lipinski definition) is 0. The lowest BCUT2D eigenvalue weighted by Crippen LogP contribution is -2.52. The lowest BCUT2D eigenvalue weighted by atomic mass is 9.82. The van der Waals surface area contributed by atoms with Crippen LogP contribution in [0.3, 0.4) is 0 Å². The average molecular weight is 372 g/mol. The van der Waals surface area contributed by atoms with E-state index >= 15 is 0 Å². The van der Waals surface area contributed by atoms with E-state index in [0.29, 0.717) is 54.4 Å². The number of ketones is 1. The lowest BCUT2D eigenvalue weighted by Gasteiger charge is -2.44. The fourth-order valence-corrected chi connectivity index (χ4v) is 3.75. The van der Waals surface area contributed by atoms with Gasteiger partial charge >= 0.3 is 0 Å². The molecule has 0 unspecified atom stereocenters. The molecule has 0 atom stereocenters. The maximum Gasteiger partial charge on any atom is 0.274 e. The molecule has 134 valence electrons. The molecule has 4 rings (SSSR count). The summed E-state index contributed by atoms with van der Waals surface area (Å²) in [7, 11) is 0. The first-order valence-electron chi connectivity index (χ1n) is 8.55. The third-order valence-corrected chi connectivity index (χ3v) is 5.52. The first kappa shape index (κ1) is 17.0. The molecule has 26 heavy (non-hydrogen) atoms. The summed E-state index contributed by atoms with van der Waals surface area (Å²) in [6.07, 6.45) is 6.03. The molecule has 2 aliphatic heterocycles. The summed E-state index contributed by atoms with van der Waals surface area (Å²) in [5.41, 5.74) is 1.21. The largest absolute Gasteiger partial charge is 0.486 e. The van der Waals surface area contributed by atoms with Crippen molar-refractivity contribution >= 4 is 23.3 Å². The highest BCUT2D eigenvalue weighted by atomic mass is 35.5. The molecule has 1 aromatic carbocycles. The predicted octanol–water partition coefficient (Wildman–Crippen LogP) is 3.08. The van der Waals surface area contributed by atoms with Crippen molar-refractivity contribution in [1.82, 2.24) is 14.9 Å². The second-order valence-corrected chi connectivity index (χ2v) is 7.27. The van der Waals surface area contributed by atoms with Crippen LogP contribution in [0.15, 0.2) is 30.7 Å². The highest BCUT2D eigenvalue weighted by Crippen LogP contribution is 2.41. The Morgan fingerprint density at radius 3 is 2.73 bits per heavy atom. The number of ether oxygens (including phenoxy) is 1. The van der Waals surface area contributed by atoms with Crippen molar-refractivity contribution in [2.75, 3.05) is 13.1 Å². The zero-order valence-corrected chi connectivity index (χ0v) is 15.1. The summed E-state index contributed by atoms with van der Waals surface area (Å²) in [6, 6.07) is 3.52. The van der Waals surface area contributed by atoms with Gasteiger partial charge in [-0.1, -0.05) is 11.6 Å². The summed E-state index contributed by atoms with van der Waals surface area (Å²) in [4.78, 5) is 34.9. The first-order chi connectivity index (χ1) is 12.5. The first-order valence-corrected chi connectivity index (χ1v) is 8.93. The Morgan fingerprint density at radius 1 is 1.27 bits per heavy atom. The number of carbonyl (C=O) groups excluding carboxylic acids is 2. The Balaban J connectivity index is 1.51. The third kappa shape index (κ3) is 2.94. The molecule has 1 spiro atoms. The summed E-state index contributed by atoms with van der Waals surface area (Å²) >= 11 is 6.14. The van der Waals surface area contributed by atoms with Crippen LogP contribution in [0.1, 0.15) is 45.7 Å². The van der Waals surface area contributed by atoms with Gasteiger partial charge in [0.1, 0.15) is 17.0 Å². The Kier molecular flexibility index (Phi) is 4.15. The zero-order chi connectivity index (χ0) is 18.3. The molecule has 7 heteroatoms. The second kappa shape index (κ2) is 6.36. The normalized spacial score (nSPS) is 18.4. The number of Topliss-reactive ketones (excluding diaryl/α,β-unsaturated/α-hetero) is 1. The molecule has 0 bridgehead atoms. The van der Waals surface area contributed by atoms with Crippen molar-refractivity contribution in [3.63, 3.8) is 0 Å². The van der Waals surface area contributed by atoms with E-state index in [0.717, 1.165) is 5.56 Å². The van der Waals surface area contributed by atoms with Gasteiger partial charge in [-0.3, -0.25) is 14.6 Å². The molecule has 0 radical (unpaired) electrons. The third-order valence-electron chi connectivity index (χ3n) is 5.11. The van der Waals surface area contributed by atoms with E-state index in [1.807, 2.05) is 13.0 Å². The van der Waals surface area contributed by atoms with E-state index in [2.05, 4.69) is 9.97 Å². The molecule has 6 nitrogen and oxygen atoms in total. The van der Waals surface area contributed by atoms with Gasteiger partial charge < -0.3 is 9.64 Å². The van der Waals surface area contributed by atoms with Crippen LogP contribution in [0, 0.1) is 6.92 Å². The van der Waals surface area contributed by atoms with Crippen LogP contribution in [-0.4, -0.2) is 45.2 Å². The maximum absolute atomic E-state index is 12.6. The highest BCUT2D eigenvalue weighted by molar-refractivity contribution is 6.31. The van der Waals surface area contributed by atoms with Gasteiger partial charge in [0, 0.05) is 43.3 Å². The molecule has 0 aliphatic carbocycles. The van der Waals surface area contributed by atoms with Crippen LogP contribution in [0.25, 0.3) is 0 Å². The van der Waals surface area contributed by atoms with E-state index in [4.69, 9.17) is 16.3 Å². The van der Waals surface area contributed by atoms with Crippen LogP contribution >= 0.6 is 11.6 Å².